The van der Waals surface area contributed by atoms with Gasteiger partial charge in [0, 0.05) is 48.4 Å². The molecule has 0 bridgehead atoms. The van der Waals surface area contributed by atoms with Gasteiger partial charge in [-0.1, -0.05) is 0 Å². The summed E-state index contributed by atoms with van der Waals surface area (Å²) in [5.41, 5.74) is 3.93. The topological polar surface area (TPSA) is 65.6 Å². The lowest BCUT2D eigenvalue weighted by Crippen LogP contribution is -2.45. The number of H-pyrrole nitrogens is 1. The van der Waals surface area contributed by atoms with Crippen LogP contribution >= 0.6 is 0 Å². The van der Waals surface area contributed by atoms with Gasteiger partial charge in [0.15, 0.2) is 0 Å². The molecule has 0 aliphatic carbocycles. The highest BCUT2D eigenvalue weighted by atomic mass is 16.5. The van der Waals surface area contributed by atoms with Gasteiger partial charge in [-0.2, -0.15) is 0 Å². The molecule has 6 heteroatoms. The largest absolute Gasteiger partial charge is 0.376 e. The van der Waals surface area contributed by atoms with Crippen molar-refractivity contribution in [3.8, 4) is 0 Å². The standard InChI is InChI=1S/C22H29N3O3/c1-15-16(2)23-20-8-7-17(12-19(15)20)22(27)25(13-18-6-5-11-28-18)14-21(26)24-9-3-4-10-24/h7-8,12,18,23H,3-6,9-11,13-14H2,1-2H3/t18-/m0/s1. The summed E-state index contributed by atoms with van der Waals surface area (Å²) in [6.45, 7) is 7.03. The number of aromatic nitrogens is 1. The first-order chi connectivity index (χ1) is 13.5. The van der Waals surface area contributed by atoms with Crippen LogP contribution in [0.15, 0.2) is 18.2 Å². The minimum atomic E-state index is -0.0943. The third-order valence-electron chi connectivity index (χ3n) is 6.08. The molecule has 0 unspecified atom stereocenters. The molecule has 1 atom stereocenters. The van der Waals surface area contributed by atoms with E-state index >= 15 is 0 Å². The number of rotatable bonds is 5. The van der Waals surface area contributed by atoms with Crippen LogP contribution in [0.2, 0.25) is 0 Å². The molecule has 1 aromatic heterocycles. The average molecular weight is 383 g/mol. The van der Waals surface area contributed by atoms with Gasteiger partial charge in [-0.25, -0.2) is 0 Å². The van der Waals surface area contributed by atoms with Crippen LogP contribution < -0.4 is 0 Å². The Bertz CT molecular complexity index is 877. The molecule has 6 nitrogen and oxygen atoms in total. The fourth-order valence-corrected chi connectivity index (χ4v) is 4.26. The molecule has 2 aliphatic heterocycles. The average Bonchev–Trinajstić information content (AvgIpc) is 3.44. The third kappa shape index (κ3) is 3.78. The lowest BCUT2D eigenvalue weighted by molar-refractivity contribution is -0.131. The molecule has 2 amide bonds. The number of carbonyl (C=O) groups excluding carboxylic acids is 2. The minimum Gasteiger partial charge on any atom is -0.376 e. The van der Waals surface area contributed by atoms with Gasteiger partial charge in [0.25, 0.3) is 5.91 Å². The molecule has 2 aliphatic rings. The number of amides is 2. The summed E-state index contributed by atoms with van der Waals surface area (Å²) in [6.07, 6.45) is 4.08. The van der Waals surface area contributed by atoms with Crippen LogP contribution in [0, 0.1) is 13.8 Å². The van der Waals surface area contributed by atoms with Crippen molar-refractivity contribution in [2.24, 2.45) is 0 Å². The van der Waals surface area contributed by atoms with Crippen LogP contribution in [-0.2, 0) is 9.53 Å². The molecule has 0 saturated carbocycles. The van der Waals surface area contributed by atoms with E-state index in [4.69, 9.17) is 4.74 Å². The van der Waals surface area contributed by atoms with Crippen LogP contribution in [0.3, 0.4) is 0 Å². The second-order valence-corrected chi connectivity index (χ2v) is 8.04. The minimum absolute atomic E-state index is 0.0234. The van der Waals surface area contributed by atoms with Gasteiger partial charge in [0.05, 0.1) is 6.10 Å². The molecular formula is C22H29N3O3. The molecule has 0 spiro atoms. The maximum Gasteiger partial charge on any atom is 0.254 e. The molecule has 3 heterocycles. The lowest BCUT2D eigenvalue weighted by atomic mass is 10.1. The number of ether oxygens (including phenoxy) is 1. The van der Waals surface area contributed by atoms with Gasteiger partial charge >= 0.3 is 0 Å². The monoisotopic (exact) mass is 383 g/mol. The van der Waals surface area contributed by atoms with E-state index in [1.807, 2.05) is 30.0 Å². The van der Waals surface area contributed by atoms with Gasteiger partial charge in [-0.3, -0.25) is 9.59 Å². The van der Waals surface area contributed by atoms with Crippen molar-refractivity contribution in [1.82, 2.24) is 14.8 Å². The molecule has 4 rings (SSSR count). The zero-order chi connectivity index (χ0) is 19.7. The van der Waals surface area contributed by atoms with E-state index in [0.29, 0.717) is 12.1 Å². The summed E-state index contributed by atoms with van der Waals surface area (Å²) in [7, 11) is 0. The van der Waals surface area contributed by atoms with Gasteiger partial charge in [-0.05, 0) is 63.3 Å². The Morgan fingerprint density at radius 3 is 2.71 bits per heavy atom. The molecule has 1 N–H and O–H groups in total. The number of hydrogen-bond acceptors (Lipinski definition) is 3. The lowest BCUT2D eigenvalue weighted by Gasteiger charge is -2.27. The maximum atomic E-state index is 13.3. The Hall–Kier alpha value is -2.34. The predicted octanol–water partition coefficient (Wildman–Crippen LogP) is 3.03. The van der Waals surface area contributed by atoms with E-state index in [-0.39, 0.29) is 24.5 Å². The molecule has 2 aromatic rings. The fraction of sp³-hybridized carbons (Fsp3) is 0.545. The number of fused-ring (bicyclic) bond motifs is 1. The van der Waals surface area contributed by atoms with Crippen molar-refractivity contribution in [2.45, 2.75) is 45.6 Å². The number of nitrogens with one attached hydrogen (secondary N) is 1. The van der Waals surface area contributed by atoms with Crippen molar-refractivity contribution < 1.29 is 14.3 Å². The third-order valence-corrected chi connectivity index (χ3v) is 6.08. The van der Waals surface area contributed by atoms with Crippen LogP contribution in [0.5, 0.6) is 0 Å². The number of aromatic amines is 1. The summed E-state index contributed by atoms with van der Waals surface area (Å²) in [5, 5.41) is 1.06. The van der Waals surface area contributed by atoms with E-state index in [0.717, 1.165) is 67.5 Å². The second-order valence-electron chi connectivity index (χ2n) is 8.04. The van der Waals surface area contributed by atoms with Crippen molar-refractivity contribution >= 4 is 22.7 Å². The summed E-state index contributed by atoms with van der Waals surface area (Å²) in [6, 6.07) is 5.75. The summed E-state index contributed by atoms with van der Waals surface area (Å²) < 4.78 is 5.75. The Kier molecular flexibility index (Phi) is 5.40. The predicted molar refractivity (Wildman–Crippen MR) is 108 cm³/mol. The number of nitrogens with zero attached hydrogens (tertiary/aromatic N) is 2. The maximum absolute atomic E-state index is 13.3. The Morgan fingerprint density at radius 2 is 2.00 bits per heavy atom. The van der Waals surface area contributed by atoms with Crippen LogP contribution in [0.4, 0.5) is 0 Å². The molecule has 1 aromatic carbocycles. The highest BCUT2D eigenvalue weighted by Crippen LogP contribution is 2.24. The van der Waals surface area contributed by atoms with Crippen molar-refractivity contribution in [1.29, 1.82) is 0 Å². The number of carbonyl (C=O) groups is 2. The second kappa shape index (κ2) is 7.95. The van der Waals surface area contributed by atoms with Gasteiger partial charge in [0.1, 0.15) is 6.54 Å². The summed E-state index contributed by atoms with van der Waals surface area (Å²) in [4.78, 5) is 33.0. The highest BCUT2D eigenvalue weighted by Gasteiger charge is 2.28. The zero-order valence-corrected chi connectivity index (χ0v) is 16.8. The molecule has 0 radical (unpaired) electrons. The first-order valence-electron chi connectivity index (χ1n) is 10.3. The zero-order valence-electron chi connectivity index (χ0n) is 16.8. The first kappa shape index (κ1) is 19.0. The SMILES string of the molecule is Cc1[nH]c2ccc(C(=O)N(CC(=O)N3CCCC3)C[C@@H]3CCCO3)cc2c1C. The molecule has 150 valence electrons. The van der Waals surface area contributed by atoms with E-state index in [1.165, 1.54) is 0 Å². The van der Waals surface area contributed by atoms with E-state index in [1.54, 1.807) is 4.90 Å². The van der Waals surface area contributed by atoms with Crippen LogP contribution in [0.25, 0.3) is 10.9 Å². The Balaban J connectivity index is 1.57. The Labute approximate surface area is 165 Å². The van der Waals surface area contributed by atoms with Gasteiger partial charge in [-0.15, -0.1) is 0 Å². The number of hydrogen-bond donors (Lipinski definition) is 1. The molecular weight excluding hydrogens is 354 g/mol. The van der Waals surface area contributed by atoms with Crippen molar-refractivity contribution in [2.75, 3.05) is 32.8 Å². The highest BCUT2D eigenvalue weighted by molar-refractivity contribution is 6.00. The number of likely N-dealkylation sites (tertiary alicyclic amines) is 1. The van der Waals surface area contributed by atoms with E-state index in [9.17, 15) is 9.59 Å². The Morgan fingerprint density at radius 1 is 1.21 bits per heavy atom. The number of aryl methyl sites for hydroxylation is 2. The summed E-state index contributed by atoms with van der Waals surface area (Å²) in [5.74, 6) is -0.0539. The quantitative estimate of drug-likeness (QED) is 0.863. The van der Waals surface area contributed by atoms with E-state index in [2.05, 4.69) is 11.9 Å². The van der Waals surface area contributed by atoms with E-state index < -0.39 is 0 Å². The first-order valence-corrected chi connectivity index (χ1v) is 10.3. The van der Waals surface area contributed by atoms with Crippen molar-refractivity contribution in [3.63, 3.8) is 0 Å². The number of benzene rings is 1. The smallest absolute Gasteiger partial charge is 0.254 e. The molecule has 2 fully saturated rings. The fourth-order valence-electron chi connectivity index (χ4n) is 4.26. The van der Waals surface area contributed by atoms with Gasteiger partial charge < -0.3 is 19.5 Å². The van der Waals surface area contributed by atoms with Crippen molar-refractivity contribution in [3.05, 3.63) is 35.0 Å². The van der Waals surface area contributed by atoms with Crippen LogP contribution in [-0.4, -0.2) is 65.5 Å². The normalized spacial score (nSPS) is 19.5. The molecule has 2 saturated heterocycles. The van der Waals surface area contributed by atoms with Gasteiger partial charge in [0.2, 0.25) is 5.91 Å². The summed E-state index contributed by atoms with van der Waals surface area (Å²) >= 11 is 0. The molecule has 28 heavy (non-hydrogen) atoms. The van der Waals surface area contributed by atoms with Crippen LogP contribution in [0.1, 0.15) is 47.3 Å².